The van der Waals surface area contributed by atoms with Gasteiger partial charge in [-0.1, -0.05) is 0 Å². The molecule has 1 fully saturated rings. The van der Waals surface area contributed by atoms with Gasteiger partial charge in [-0.05, 0) is 26.9 Å². The number of nitrogens with zero attached hydrogens (tertiary/aromatic N) is 1. The number of carbonyl (C=O) groups is 1. The van der Waals surface area contributed by atoms with Gasteiger partial charge in [0, 0.05) is 19.6 Å². The highest BCUT2D eigenvalue weighted by molar-refractivity contribution is 5.80. The molecule has 5 heteroatoms. The minimum absolute atomic E-state index is 0.00667. The van der Waals surface area contributed by atoms with Crippen LogP contribution >= 0.6 is 0 Å². The van der Waals surface area contributed by atoms with Crippen molar-refractivity contribution in [1.82, 2.24) is 10.2 Å². The van der Waals surface area contributed by atoms with E-state index < -0.39 is 0 Å². The molecule has 1 rings (SSSR count). The number of nitrogens with one attached hydrogen (secondary N) is 1. The molecule has 0 radical (unpaired) electrons. The SMILES string of the molecule is CN(C)CCNC(=O)[C@@H]1CC[C@H](CN)O1. The van der Waals surface area contributed by atoms with Gasteiger partial charge in [-0.25, -0.2) is 0 Å². The number of nitrogens with two attached hydrogens (primary N) is 1. The maximum Gasteiger partial charge on any atom is 0.249 e. The molecule has 3 N–H and O–H groups in total. The zero-order valence-electron chi connectivity index (χ0n) is 9.53. The van der Waals surface area contributed by atoms with Crippen LogP contribution in [0.25, 0.3) is 0 Å². The zero-order chi connectivity index (χ0) is 11.3. The van der Waals surface area contributed by atoms with Gasteiger partial charge in [0.15, 0.2) is 0 Å². The van der Waals surface area contributed by atoms with Crippen LogP contribution in [0, 0.1) is 0 Å². The summed E-state index contributed by atoms with van der Waals surface area (Å²) in [5.74, 6) is -0.00667. The Morgan fingerprint density at radius 3 is 2.80 bits per heavy atom. The van der Waals surface area contributed by atoms with Gasteiger partial charge < -0.3 is 20.7 Å². The second-order valence-corrected chi connectivity index (χ2v) is 4.15. The highest BCUT2D eigenvalue weighted by atomic mass is 16.5. The standard InChI is InChI=1S/C10H21N3O2/c1-13(2)6-5-12-10(14)9-4-3-8(7-11)15-9/h8-9H,3-7,11H2,1-2H3,(H,12,14)/t8-,9+/m1/s1. The fourth-order valence-electron chi connectivity index (χ4n) is 1.59. The lowest BCUT2D eigenvalue weighted by Gasteiger charge is -2.14. The van der Waals surface area contributed by atoms with Crippen molar-refractivity contribution < 1.29 is 9.53 Å². The normalized spacial score (nSPS) is 25.9. The van der Waals surface area contributed by atoms with Gasteiger partial charge in [0.25, 0.3) is 0 Å². The number of amides is 1. The average Bonchev–Trinajstić information content (AvgIpc) is 2.65. The summed E-state index contributed by atoms with van der Waals surface area (Å²) in [6.45, 7) is 2.01. The summed E-state index contributed by atoms with van der Waals surface area (Å²) in [5.41, 5.74) is 5.47. The molecule has 15 heavy (non-hydrogen) atoms. The number of carbonyl (C=O) groups excluding carboxylic acids is 1. The first-order valence-electron chi connectivity index (χ1n) is 5.41. The minimum Gasteiger partial charge on any atom is -0.364 e. The van der Waals surface area contributed by atoms with Crippen LogP contribution in [0.1, 0.15) is 12.8 Å². The van der Waals surface area contributed by atoms with Crippen molar-refractivity contribution in [2.24, 2.45) is 5.73 Å². The molecule has 1 amide bonds. The highest BCUT2D eigenvalue weighted by Gasteiger charge is 2.29. The maximum absolute atomic E-state index is 11.6. The third-order valence-corrected chi connectivity index (χ3v) is 2.52. The zero-order valence-corrected chi connectivity index (χ0v) is 9.53. The van der Waals surface area contributed by atoms with Gasteiger partial charge in [-0.3, -0.25) is 4.79 Å². The number of likely N-dealkylation sites (N-methyl/N-ethyl adjacent to an activating group) is 1. The summed E-state index contributed by atoms with van der Waals surface area (Å²) in [6, 6.07) is 0. The van der Waals surface area contributed by atoms with Crippen molar-refractivity contribution in [2.75, 3.05) is 33.7 Å². The van der Waals surface area contributed by atoms with Crippen LogP contribution in [-0.2, 0) is 9.53 Å². The largest absolute Gasteiger partial charge is 0.364 e. The van der Waals surface area contributed by atoms with E-state index in [4.69, 9.17) is 10.5 Å². The van der Waals surface area contributed by atoms with Crippen LogP contribution < -0.4 is 11.1 Å². The molecule has 0 saturated carbocycles. The lowest BCUT2D eigenvalue weighted by Crippen LogP contribution is -2.38. The second-order valence-electron chi connectivity index (χ2n) is 4.15. The Bertz CT molecular complexity index is 209. The van der Waals surface area contributed by atoms with E-state index in [1.165, 1.54) is 0 Å². The van der Waals surface area contributed by atoms with Crippen molar-refractivity contribution in [3.05, 3.63) is 0 Å². The van der Waals surface area contributed by atoms with Crippen molar-refractivity contribution in [2.45, 2.75) is 25.0 Å². The molecule has 0 aromatic carbocycles. The molecule has 0 spiro atoms. The van der Waals surface area contributed by atoms with Gasteiger partial charge in [0.05, 0.1) is 6.10 Å². The van der Waals surface area contributed by atoms with E-state index in [1.807, 2.05) is 19.0 Å². The predicted octanol–water partition coefficient (Wildman–Crippen LogP) is -0.829. The summed E-state index contributed by atoms with van der Waals surface area (Å²) < 4.78 is 5.48. The predicted molar refractivity (Wildman–Crippen MR) is 58.5 cm³/mol. The summed E-state index contributed by atoms with van der Waals surface area (Å²) in [4.78, 5) is 13.6. The molecule has 0 aromatic heterocycles. The average molecular weight is 215 g/mol. The summed E-state index contributed by atoms with van der Waals surface area (Å²) in [5, 5.41) is 2.85. The van der Waals surface area contributed by atoms with Crippen LogP contribution in [-0.4, -0.2) is 56.7 Å². The maximum atomic E-state index is 11.6. The molecule has 0 bridgehead atoms. The van der Waals surface area contributed by atoms with Crippen LogP contribution in [0.5, 0.6) is 0 Å². The first-order valence-corrected chi connectivity index (χ1v) is 5.41. The number of hydrogen-bond donors (Lipinski definition) is 2. The summed E-state index contributed by atoms with van der Waals surface area (Å²) in [6.07, 6.45) is 1.45. The number of ether oxygens (including phenoxy) is 1. The van der Waals surface area contributed by atoms with Crippen LogP contribution in [0.15, 0.2) is 0 Å². The molecule has 5 nitrogen and oxygen atoms in total. The van der Waals surface area contributed by atoms with Gasteiger partial charge in [-0.2, -0.15) is 0 Å². The molecule has 0 unspecified atom stereocenters. The Morgan fingerprint density at radius 2 is 2.27 bits per heavy atom. The van der Waals surface area contributed by atoms with Gasteiger partial charge in [-0.15, -0.1) is 0 Å². The topological polar surface area (TPSA) is 67.6 Å². The Morgan fingerprint density at radius 1 is 1.53 bits per heavy atom. The van der Waals surface area contributed by atoms with Gasteiger partial charge in [0.2, 0.25) is 5.91 Å². The Balaban J connectivity index is 2.18. The number of hydrogen-bond acceptors (Lipinski definition) is 4. The summed E-state index contributed by atoms with van der Waals surface area (Å²) >= 11 is 0. The fraction of sp³-hybridized carbons (Fsp3) is 0.900. The van der Waals surface area contributed by atoms with Crippen LogP contribution in [0.3, 0.4) is 0 Å². The van der Waals surface area contributed by atoms with Gasteiger partial charge >= 0.3 is 0 Å². The molecule has 88 valence electrons. The van der Waals surface area contributed by atoms with E-state index >= 15 is 0 Å². The Kier molecular flexibility index (Phi) is 5.01. The minimum atomic E-state index is -0.291. The quantitative estimate of drug-likeness (QED) is 0.628. The molecule has 1 saturated heterocycles. The van der Waals surface area contributed by atoms with E-state index in [9.17, 15) is 4.79 Å². The van der Waals surface area contributed by atoms with Crippen LogP contribution in [0.4, 0.5) is 0 Å². The monoisotopic (exact) mass is 215 g/mol. The van der Waals surface area contributed by atoms with E-state index in [1.54, 1.807) is 0 Å². The molecule has 1 aliphatic heterocycles. The van der Waals surface area contributed by atoms with Crippen molar-refractivity contribution in [3.63, 3.8) is 0 Å². The fourth-order valence-corrected chi connectivity index (χ4v) is 1.59. The number of rotatable bonds is 5. The van der Waals surface area contributed by atoms with Crippen molar-refractivity contribution >= 4 is 5.91 Å². The lowest BCUT2D eigenvalue weighted by atomic mass is 10.2. The Hall–Kier alpha value is -0.650. The smallest absolute Gasteiger partial charge is 0.249 e. The Labute approximate surface area is 90.9 Å². The molecule has 1 heterocycles. The molecule has 0 aromatic rings. The third kappa shape index (κ3) is 4.15. The molecule has 2 atom stereocenters. The second kappa shape index (κ2) is 6.05. The van der Waals surface area contributed by atoms with E-state index in [2.05, 4.69) is 5.32 Å². The van der Waals surface area contributed by atoms with Gasteiger partial charge in [0.1, 0.15) is 6.10 Å². The molecular formula is C10H21N3O2. The van der Waals surface area contributed by atoms with Crippen molar-refractivity contribution in [3.8, 4) is 0 Å². The van der Waals surface area contributed by atoms with E-state index in [-0.39, 0.29) is 18.1 Å². The molecule has 0 aliphatic carbocycles. The summed E-state index contributed by atoms with van der Waals surface area (Å²) in [7, 11) is 3.95. The molecule has 1 aliphatic rings. The molecular weight excluding hydrogens is 194 g/mol. The van der Waals surface area contributed by atoms with E-state index in [0.717, 1.165) is 19.4 Å². The van der Waals surface area contributed by atoms with Crippen molar-refractivity contribution in [1.29, 1.82) is 0 Å². The van der Waals surface area contributed by atoms with E-state index in [0.29, 0.717) is 13.1 Å². The first-order chi connectivity index (χ1) is 7.13. The highest BCUT2D eigenvalue weighted by Crippen LogP contribution is 2.18. The lowest BCUT2D eigenvalue weighted by molar-refractivity contribution is -0.131. The first kappa shape index (κ1) is 12.4. The van der Waals surface area contributed by atoms with Crippen LogP contribution in [0.2, 0.25) is 0 Å². The third-order valence-electron chi connectivity index (χ3n) is 2.52.